The number of nitrogens with zero attached hydrogens (tertiary/aromatic N) is 1. The van der Waals surface area contributed by atoms with Crippen molar-refractivity contribution >= 4 is 31.7 Å². The zero-order chi connectivity index (χ0) is 20.1. The predicted octanol–water partition coefficient (Wildman–Crippen LogP) is 5.77. The van der Waals surface area contributed by atoms with E-state index in [1.807, 2.05) is 61.5 Å². The number of halogens is 1. The average molecular weight is 454 g/mol. The minimum absolute atomic E-state index is 0.185. The third-order valence-corrected chi connectivity index (χ3v) is 6.60. The van der Waals surface area contributed by atoms with E-state index in [0.29, 0.717) is 5.70 Å². The van der Waals surface area contributed by atoms with Gasteiger partial charge in [0.25, 0.3) is 10.0 Å². The average Bonchev–Trinajstić information content (AvgIpc) is 2.70. The molecular weight excluding hydrogens is 434 g/mol. The fourth-order valence-electron chi connectivity index (χ4n) is 2.81. The Labute approximate surface area is 174 Å². The van der Waals surface area contributed by atoms with Crippen LogP contribution in [0.1, 0.15) is 16.7 Å². The Kier molecular flexibility index (Phi) is 6.20. The lowest BCUT2D eigenvalue weighted by atomic mass is 10.1. The fraction of sp³-hybridized carbons (Fsp3) is 0.0870. The molecule has 0 spiro atoms. The minimum Gasteiger partial charge on any atom is -0.254 e. The van der Waals surface area contributed by atoms with Gasteiger partial charge in [0, 0.05) is 10.0 Å². The standard InChI is InChI=1S/C23H20BrNO2S/c1-3-23(20-11-13-21(24)14-12-20)25(17-19-7-5-4-6-8-19)28(26,27)22-15-9-18(2)10-16-22/h4-16H,1,17H2,2H3. The van der Waals surface area contributed by atoms with Crippen molar-refractivity contribution in [2.45, 2.75) is 18.4 Å². The minimum atomic E-state index is -3.80. The quantitative estimate of drug-likeness (QED) is 0.443. The Morgan fingerprint density at radius 1 is 0.964 bits per heavy atom. The Morgan fingerprint density at radius 3 is 2.14 bits per heavy atom. The normalized spacial score (nSPS) is 10.9. The topological polar surface area (TPSA) is 37.4 Å². The summed E-state index contributed by atoms with van der Waals surface area (Å²) in [4.78, 5) is 0.235. The van der Waals surface area contributed by atoms with Crippen molar-refractivity contribution < 1.29 is 8.42 Å². The third-order valence-electron chi connectivity index (χ3n) is 4.31. The van der Waals surface area contributed by atoms with Gasteiger partial charge in [0.05, 0.1) is 11.4 Å². The van der Waals surface area contributed by atoms with Gasteiger partial charge in [0.1, 0.15) is 5.70 Å². The molecule has 0 amide bonds. The third kappa shape index (κ3) is 4.45. The zero-order valence-corrected chi connectivity index (χ0v) is 17.9. The van der Waals surface area contributed by atoms with E-state index in [1.165, 1.54) is 4.31 Å². The van der Waals surface area contributed by atoms with Crippen LogP contribution in [0.3, 0.4) is 0 Å². The molecule has 0 aliphatic heterocycles. The number of benzene rings is 3. The largest absolute Gasteiger partial charge is 0.265 e. The molecule has 142 valence electrons. The van der Waals surface area contributed by atoms with E-state index in [2.05, 4.69) is 28.2 Å². The maximum atomic E-state index is 13.5. The van der Waals surface area contributed by atoms with Crippen LogP contribution >= 0.6 is 15.9 Å². The molecule has 3 rings (SSSR count). The van der Waals surface area contributed by atoms with E-state index in [0.717, 1.165) is 21.2 Å². The molecule has 3 aromatic carbocycles. The molecule has 0 saturated heterocycles. The van der Waals surface area contributed by atoms with E-state index >= 15 is 0 Å². The molecule has 5 heteroatoms. The molecule has 0 aromatic heterocycles. The molecular formula is C23H20BrNO2S. The smallest absolute Gasteiger partial charge is 0.254 e. The molecule has 0 N–H and O–H groups in total. The van der Waals surface area contributed by atoms with Crippen LogP contribution in [-0.4, -0.2) is 12.7 Å². The van der Waals surface area contributed by atoms with Crippen LogP contribution in [0.5, 0.6) is 0 Å². The molecule has 0 heterocycles. The number of rotatable bonds is 6. The first-order chi connectivity index (χ1) is 13.4. The van der Waals surface area contributed by atoms with Gasteiger partial charge in [-0.05, 0) is 36.8 Å². The van der Waals surface area contributed by atoms with E-state index < -0.39 is 10.0 Å². The van der Waals surface area contributed by atoms with Gasteiger partial charge < -0.3 is 0 Å². The molecule has 28 heavy (non-hydrogen) atoms. The van der Waals surface area contributed by atoms with Crippen molar-refractivity contribution in [2.24, 2.45) is 0 Å². The maximum Gasteiger partial charge on any atom is 0.265 e. The predicted molar refractivity (Wildman–Crippen MR) is 117 cm³/mol. The lowest BCUT2D eigenvalue weighted by molar-refractivity contribution is 0.507. The molecule has 0 aliphatic rings. The van der Waals surface area contributed by atoms with Crippen molar-refractivity contribution in [1.82, 2.24) is 4.31 Å². The van der Waals surface area contributed by atoms with Crippen molar-refractivity contribution in [2.75, 3.05) is 0 Å². The second-order valence-corrected chi connectivity index (χ2v) is 9.12. The Morgan fingerprint density at radius 2 is 1.57 bits per heavy atom. The van der Waals surface area contributed by atoms with Crippen molar-refractivity contribution in [3.63, 3.8) is 0 Å². The van der Waals surface area contributed by atoms with Crippen molar-refractivity contribution in [1.29, 1.82) is 0 Å². The second-order valence-electron chi connectivity index (χ2n) is 6.34. The monoisotopic (exact) mass is 453 g/mol. The molecule has 0 aliphatic carbocycles. The lowest BCUT2D eigenvalue weighted by Crippen LogP contribution is -2.29. The van der Waals surface area contributed by atoms with Gasteiger partial charge in [-0.2, -0.15) is 0 Å². The molecule has 0 saturated carbocycles. The fourth-order valence-corrected chi connectivity index (χ4v) is 4.54. The summed E-state index contributed by atoms with van der Waals surface area (Å²) in [6, 6.07) is 23.8. The summed E-state index contributed by atoms with van der Waals surface area (Å²) in [7, 11) is -3.80. The van der Waals surface area contributed by atoms with Crippen LogP contribution in [0.4, 0.5) is 0 Å². The van der Waals surface area contributed by atoms with E-state index in [4.69, 9.17) is 0 Å². The van der Waals surface area contributed by atoms with E-state index in [9.17, 15) is 8.42 Å². The first-order valence-corrected chi connectivity index (χ1v) is 10.9. The highest BCUT2D eigenvalue weighted by molar-refractivity contribution is 9.10. The van der Waals surface area contributed by atoms with Crippen LogP contribution < -0.4 is 0 Å². The van der Waals surface area contributed by atoms with Crippen LogP contribution in [-0.2, 0) is 16.6 Å². The summed E-state index contributed by atoms with van der Waals surface area (Å²) < 4.78 is 29.3. The molecule has 0 bridgehead atoms. The molecule has 0 unspecified atom stereocenters. The van der Waals surface area contributed by atoms with E-state index in [1.54, 1.807) is 24.3 Å². The molecule has 3 aromatic rings. The second kappa shape index (κ2) is 8.61. The highest BCUT2D eigenvalue weighted by Crippen LogP contribution is 2.29. The zero-order valence-electron chi connectivity index (χ0n) is 15.5. The Hall–Kier alpha value is -2.59. The molecule has 3 nitrogen and oxygen atoms in total. The molecule has 0 atom stereocenters. The maximum absolute atomic E-state index is 13.5. The number of hydrogen-bond acceptors (Lipinski definition) is 2. The molecule has 0 radical (unpaired) electrons. The summed E-state index contributed by atoms with van der Waals surface area (Å²) in [6.07, 6.45) is 0. The molecule has 0 fully saturated rings. The summed E-state index contributed by atoms with van der Waals surface area (Å²) >= 11 is 3.41. The first kappa shape index (κ1) is 20.2. The van der Waals surface area contributed by atoms with Gasteiger partial charge in [0.2, 0.25) is 0 Å². The van der Waals surface area contributed by atoms with E-state index in [-0.39, 0.29) is 11.4 Å². The summed E-state index contributed by atoms with van der Waals surface area (Å²) in [5.41, 5.74) is 5.86. The first-order valence-electron chi connectivity index (χ1n) is 8.71. The highest BCUT2D eigenvalue weighted by Gasteiger charge is 2.27. The van der Waals surface area contributed by atoms with Crippen LogP contribution in [0, 0.1) is 6.92 Å². The van der Waals surface area contributed by atoms with Crippen LogP contribution in [0.25, 0.3) is 5.70 Å². The number of sulfonamides is 1. The van der Waals surface area contributed by atoms with Crippen LogP contribution in [0.15, 0.2) is 101 Å². The number of aryl methyl sites for hydroxylation is 1. The van der Waals surface area contributed by atoms with Crippen molar-refractivity contribution in [3.8, 4) is 0 Å². The van der Waals surface area contributed by atoms with Gasteiger partial charge in [-0.1, -0.05) is 82.7 Å². The van der Waals surface area contributed by atoms with Gasteiger partial charge in [-0.3, -0.25) is 4.31 Å². The van der Waals surface area contributed by atoms with Crippen molar-refractivity contribution in [3.05, 3.63) is 112 Å². The summed E-state index contributed by atoms with van der Waals surface area (Å²) in [6.45, 7) is 5.87. The van der Waals surface area contributed by atoms with Gasteiger partial charge in [-0.15, -0.1) is 5.73 Å². The summed E-state index contributed by atoms with van der Waals surface area (Å²) in [5, 5.41) is 0. The van der Waals surface area contributed by atoms with Gasteiger partial charge >= 0.3 is 0 Å². The summed E-state index contributed by atoms with van der Waals surface area (Å²) in [5.74, 6) is 0. The number of hydrogen-bond donors (Lipinski definition) is 0. The SMILES string of the molecule is C=C=C(c1ccc(Br)cc1)N(Cc1ccccc1)S(=O)(=O)c1ccc(C)cc1. The Balaban J connectivity index is 2.12. The Bertz CT molecular complexity index is 1100. The lowest BCUT2D eigenvalue weighted by Gasteiger charge is -2.26. The van der Waals surface area contributed by atoms with Crippen LogP contribution in [0.2, 0.25) is 0 Å². The highest BCUT2D eigenvalue weighted by atomic mass is 79.9. The van der Waals surface area contributed by atoms with Gasteiger partial charge in [0.15, 0.2) is 0 Å². The van der Waals surface area contributed by atoms with Gasteiger partial charge in [-0.25, -0.2) is 8.42 Å².